The number of carbonyl (C=O) groups excluding carboxylic acids is 1. The zero-order chi connectivity index (χ0) is 28.1. The van der Waals surface area contributed by atoms with Gasteiger partial charge < -0.3 is 15.5 Å². The molecule has 0 radical (unpaired) electrons. The number of anilines is 2. The number of halogens is 4. The fourth-order valence-electron chi connectivity index (χ4n) is 4.67. The summed E-state index contributed by atoms with van der Waals surface area (Å²) in [6.07, 6.45) is -0.285. The van der Waals surface area contributed by atoms with Crippen molar-refractivity contribution in [1.82, 2.24) is 15.3 Å². The van der Waals surface area contributed by atoms with E-state index in [4.69, 9.17) is 11.6 Å². The molecule has 0 unspecified atom stereocenters. The van der Waals surface area contributed by atoms with Crippen LogP contribution < -0.4 is 15.5 Å². The summed E-state index contributed by atoms with van der Waals surface area (Å²) < 4.78 is 40.9. The highest BCUT2D eigenvalue weighted by Crippen LogP contribution is 2.37. The lowest BCUT2D eigenvalue weighted by Crippen LogP contribution is -2.34. The highest BCUT2D eigenvalue weighted by molar-refractivity contribution is 6.30. The predicted molar refractivity (Wildman–Crippen MR) is 151 cm³/mol. The molecule has 0 atom stereocenters. The van der Waals surface area contributed by atoms with Gasteiger partial charge in [0.2, 0.25) is 0 Å². The number of nitrogens with one attached hydrogen (secondary N) is 2. The number of aromatic nitrogens is 2. The van der Waals surface area contributed by atoms with Gasteiger partial charge in [0.05, 0.1) is 17.8 Å². The molecular formula is C30H27ClF3N5O. The topological polar surface area (TPSA) is 70.2 Å². The van der Waals surface area contributed by atoms with Gasteiger partial charge in [-0.3, -0.25) is 9.78 Å². The van der Waals surface area contributed by atoms with Crippen molar-refractivity contribution in [2.24, 2.45) is 0 Å². The van der Waals surface area contributed by atoms with Crippen molar-refractivity contribution >= 4 is 28.9 Å². The van der Waals surface area contributed by atoms with Crippen LogP contribution in [0.4, 0.5) is 24.7 Å². The van der Waals surface area contributed by atoms with Crippen LogP contribution in [0.15, 0.2) is 79.1 Å². The second-order valence-corrected chi connectivity index (χ2v) is 9.92. The van der Waals surface area contributed by atoms with E-state index < -0.39 is 11.7 Å². The van der Waals surface area contributed by atoms with Crippen molar-refractivity contribution in [1.29, 1.82) is 0 Å². The minimum Gasteiger partial charge on any atom is -0.367 e. The third-order valence-electron chi connectivity index (χ3n) is 6.73. The van der Waals surface area contributed by atoms with E-state index in [1.165, 1.54) is 12.1 Å². The molecule has 3 heterocycles. The van der Waals surface area contributed by atoms with Crippen molar-refractivity contribution in [2.45, 2.75) is 19.1 Å². The van der Waals surface area contributed by atoms with E-state index in [2.05, 4.69) is 20.6 Å². The van der Waals surface area contributed by atoms with Gasteiger partial charge in [-0.1, -0.05) is 41.9 Å². The number of alkyl halides is 3. The molecule has 2 N–H and O–H groups in total. The molecule has 0 saturated heterocycles. The fourth-order valence-corrected chi connectivity index (χ4v) is 4.87. The zero-order valence-electron chi connectivity index (χ0n) is 21.5. The van der Waals surface area contributed by atoms with Gasteiger partial charge in [0.25, 0.3) is 0 Å². The van der Waals surface area contributed by atoms with Gasteiger partial charge in [0.1, 0.15) is 5.82 Å². The molecule has 0 bridgehead atoms. The van der Waals surface area contributed by atoms with E-state index in [1.54, 1.807) is 24.5 Å². The lowest BCUT2D eigenvalue weighted by atomic mass is 10.0. The van der Waals surface area contributed by atoms with Gasteiger partial charge >= 0.3 is 6.18 Å². The van der Waals surface area contributed by atoms with Crippen LogP contribution in [-0.4, -0.2) is 41.9 Å². The van der Waals surface area contributed by atoms with E-state index >= 15 is 0 Å². The zero-order valence-corrected chi connectivity index (χ0v) is 22.3. The van der Waals surface area contributed by atoms with E-state index in [9.17, 15) is 18.0 Å². The molecule has 2 aromatic heterocycles. The number of nitrogens with zero attached hydrogens (tertiary/aromatic N) is 3. The maximum Gasteiger partial charge on any atom is 0.416 e. The molecule has 0 saturated carbocycles. The third kappa shape index (κ3) is 6.60. The number of benzene rings is 2. The van der Waals surface area contributed by atoms with Crippen LogP contribution in [0, 0.1) is 0 Å². The van der Waals surface area contributed by atoms with Crippen molar-refractivity contribution in [3.63, 3.8) is 0 Å². The summed E-state index contributed by atoms with van der Waals surface area (Å²) in [4.78, 5) is 23.3. The largest absolute Gasteiger partial charge is 0.416 e. The Balaban J connectivity index is 1.28. The summed E-state index contributed by atoms with van der Waals surface area (Å²) in [5.74, 6) is 0.586. The summed E-state index contributed by atoms with van der Waals surface area (Å²) in [6, 6.07) is 18.5. The van der Waals surface area contributed by atoms with Crippen molar-refractivity contribution in [3.8, 4) is 11.1 Å². The van der Waals surface area contributed by atoms with E-state index in [0.29, 0.717) is 36.7 Å². The number of pyridine rings is 2. The van der Waals surface area contributed by atoms with Crippen LogP contribution in [0.5, 0.6) is 0 Å². The van der Waals surface area contributed by atoms with Crippen molar-refractivity contribution in [2.75, 3.05) is 36.4 Å². The number of hydrogen-bond acceptors (Lipinski definition) is 6. The quantitative estimate of drug-likeness (QED) is 0.184. The molecule has 10 heteroatoms. The summed E-state index contributed by atoms with van der Waals surface area (Å²) in [7, 11) is 0. The molecule has 5 rings (SSSR count). The van der Waals surface area contributed by atoms with E-state index in [-0.39, 0.29) is 29.5 Å². The average molecular weight is 566 g/mol. The van der Waals surface area contributed by atoms with Crippen molar-refractivity contribution in [3.05, 3.63) is 107 Å². The fraction of sp³-hybridized carbons (Fsp3) is 0.233. The average Bonchev–Trinajstić information content (AvgIpc) is 2.95. The van der Waals surface area contributed by atoms with Crippen LogP contribution in [0.2, 0.25) is 5.02 Å². The first-order chi connectivity index (χ1) is 19.3. The van der Waals surface area contributed by atoms with Crippen LogP contribution >= 0.6 is 11.6 Å². The normalized spacial score (nSPS) is 13.1. The molecule has 1 aliphatic rings. The lowest BCUT2D eigenvalue weighted by Gasteiger charge is -2.32. The number of rotatable bonds is 9. The van der Waals surface area contributed by atoms with Crippen LogP contribution in [-0.2, 0) is 19.1 Å². The van der Waals surface area contributed by atoms with Crippen LogP contribution in [0.1, 0.15) is 27.2 Å². The van der Waals surface area contributed by atoms with Gasteiger partial charge in [-0.05, 0) is 47.5 Å². The van der Waals surface area contributed by atoms with Crippen molar-refractivity contribution < 1.29 is 18.0 Å². The first kappa shape index (κ1) is 27.6. The number of hydrogen-bond donors (Lipinski definition) is 2. The summed E-state index contributed by atoms with van der Waals surface area (Å²) in [5, 5.41) is 6.63. The highest BCUT2D eigenvalue weighted by atomic mass is 35.5. The lowest BCUT2D eigenvalue weighted by molar-refractivity contribution is -0.138. The van der Waals surface area contributed by atoms with E-state index in [1.807, 2.05) is 41.3 Å². The monoisotopic (exact) mass is 565 g/mol. The second kappa shape index (κ2) is 12.1. The van der Waals surface area contributed by atoms with Gasteiger partial charge in [-0.2, -0.15) is 13.2 Å². The Morgan fingerprint density at radius 2 is 1.85 bits per heavy atom. The Hall–Kier alpha value is -3.95. The Labute approximate surface area is 235 Å². The third-order valence-corrected chi connectivity index (χ3v) is 6.96. The standard InChI is InChI=1S/C30H27ClF3N5O/c31-24-8-9-26(30(32,33)34)23(15-24)19-39-14-13-37-29-27(39)16-22(17-38-29)20-4-6-21(7-5-20)28(40)18-35-12-10-25-3-1-2-11-36-25/h1-9,11,15-17,35H,10,12-14,18-19H2,(H,37,38). The molecule has 4 aromatic rings. The second-order valence-electron chi connectivity index (χ2n) is 9.49. The SMILES string of the molecule is O=C(CNCCc1ccccn1)c1ccc(-c2cnc3c(c2)N(Cc2cc(Cl)ccc2C(F)(F)F)CCN3)cc1. The van der Waals surface area contributed by atoms with E-state index in [0.717, 1.165) is 29.3 Å². The molecule has 1 aliphatic heterocycles. The molecule has 0 amide bonds. The number of Topliss-reactive ketones (excluding diaryl/α,β-unsaturated/α-hetero) is 1. The Morgan fingerprint density at radius 1 is 1.02 bits per heavy atom. The Morgan fingerprint density at radius 3 is 2.60 bits per heavy atom. The minimum absolute atomic E-state index is 0.0199. The summed E-state index contributed by atoms with van der Waals surface area (Å²) >= 11 is 6.04. The Bertz CT molecular complexity index is 1480. The molecule has 2 aromatic carbocycles. The van der Waals surface area contributed by atoms with Gasteiger partial charge in [0.15, 0.2) is 5.78 Å². The minimum atomic E-state index is -4.48. The van der Waals surface area contributed by atoms with Crippen LogP contribution in [0.3, 0.4) is 0 Å². The molecule has 0 fully saturated rings. The Kier molecular flexibility index (Phi) is 8.32. The van der Waals surface area contributed by atoms with Gasteiger partial charge in [-0.15, -0.1) is 0 Å². The molecule has 206 valence electrons. The predicted octanol–water partition coefficient (Wildman–Crippen LogP) is 6.26. The van der Waals surface area contributed by atoms with Gasteiger partial charge in [-0.25, -0.2) is 4.98 Å². The van der Waals surface area contributed by atoms with Crippen LogP contribution in [0.25, 0.3) is 11.1 Å². The number of ketones is 1. The maximum atomic E-state index is 13.6. The van der Waals surface area contributed by atoms with Gasteiger partial charge in [0, 0.05) is 66.8 Å². The highest BCUT2D eigenvalue weighted by Gasteiger charge is 2.34. The molecule has 0 aliphatic carbocycles. The first-order valence-corrected chi connectivity index (χ1v) is 13.2. The first-order valence-electron chi connectivity index (χ1n) is 12.9. The molecule has 0 spiro atoms. The molecular weight excluding hydrogens is 539 g/mol. The molecule has 40 heavy (non-hydrogen) atoms. The smallest absolute Gasteiger partial charge is 0.367 e. The number of carbonyl (C=O) groups is 1. The summed E-state index contributed by atoms with van der Waals surface area (Å²) in [5.41, 5.74) is 3.30. The maximum absolute atomic E-state index is 13.6. The molecule has 6 nitrogen and oxygen atoms in total. The number of fused-ring (bicyclic) bond motifs is 1. The summed E-state index contributed by atoms with van der Waals surface area (Å²) in [6.45, 7) is 1.95.